The molecule has 7 nitrogen and oxygen atoms in total. The number of benzene rings is 3. The van der Waals surface area contributed by atoms with Gasteiger partial charge in [-0.1, -0.05) is 79.4 Å². The van der Waals surface area contributed by atoms with E-state index in [1.54, 1.807) is 30.3 Å². The van der Waals surface area contributed by atoms with Gasteiger partial charge in [0.25, 0.3) is 10.0 Å². The van der Waals surface area contributed by atoms with Gasteiger partial charge < -0.3 is 10.2 Å². The number of anilines is 1. The molecule has 9 heteroatoms. The van der Waals surface area contributed by atoms with Crippen molar-refractivity contribution in [3.8, 4) is 0 Å². The lowest BCUT2D eigenvalue weighted by atomic mass is 10.1. The maximum absolute atomic E-state index is 14.1. The highest BCUT2D eigenvalue weighted by molar-refractivity contribution is 7.92. The molecule has 0 heterocycles. The highest BCUT2D eigenvalue weighted by Gasteiger charge is 2.34. The van der Waals surface area contributed by atoms with Crippen molar-refractivity contribution in [2.45, 2.75) is 69.5 Å². The van der Waals surface area contributed by atoms with Gasteiger partial charge in [-0.3, -0.25) is 13.9 Å². The maximum atomic E-state index is 14.1. The zero-order valence-corrected chi connectivity index (χ0v) is 24.5. The number of rotatable bonds is 11. The van der Waals surface area contributed by atoms with Gasteiger partial charge in [-0.2, -0.15) is 0 Å². The first-order valence-corrected chi connectivity index (χ1v) is 15.5. The maximum Gasteiger partial charge on any atom is 0.264 e. The number of halogens is 1. The van der Waals surface area contributed by atoms with E-state index in [2.05, 4.69) is 5.32 Å². The fourth-order valence-corrected chi connectivity index (χ4v) is 6.69. The Bertz CT molecular complexity index is 1410. The van der Waals surface area contributed by atoms with E-state index in [-0.39, 0.29) is 23.4 Å². The van der Waals surface area contributed by atoms with Crippen LogP contribution in [0.3, 0.4) is 0 Å². The van der Waals surface area contributed by atoms with Gasteiger partial charge in [-0.05, 0) is 68.1 Å². The van der Waals surface area contributed by atoms with E-state index < -0.39 is 28.5 Å². The Morgan fingerprint density at radius 3 is 2.27 bits per heavy atom. The quantitative estimate of drug-likeness (QED) is 0.314. The predicted molar refractivity (Wildman–Crippen MR) is 159 cm³/mol. The molecule has 1 N–H and O–H groups in total. The summed E-state index contributed by atoms with van der Waals surface area (Å²) < 4.78 is 28.8. The van der Waals surface area contributed by atoms with Crippen LogP contribution in [-0.2, 0) is 26.2 Å². The van der Waals surface area contributed by atoms with E-state index in [9.17, 15) is 18.0 Å². The Balaban J connectivity index is 1.69. The molecule has 1 fully saturated rings. The Hall–Kier alpha value is -3.36. The molecular weight excluding hydrogens is 546 g/mol. The summed E-state index contributed by atoms with van der Waals surface area (Å²) in [5.41, 5.74) is 2.25. The molecule has 2 amide bonds. The summed E-state index contributed by atoms with van der Waals surface area (Å²) in [7, 11) is -4.12. The number of hydrogen-bond donors (Lipinski definition) is 1. The van der Waals surface area contributed by atoms with Crippen LogP contribution in [0.4, 0.5) is 5.69 Å². The smallest absolute Gasteiger partial charge is 0.264 e. The van der Waals surface area contributed by atoms with Crippen LogP contribution < -0.4 is 9.62 Å². The van der Waals surface area contributed by atoms with Gasteiger partial charge in [0.05, 0.1) is 10.6 Å². The summed E-state index contributed by atoms with van der Waals surface area (Å²) >= 11 is 6.01. The zero-order valence-electron chi connectivity index (χ0n) is 22.9. The molecule has 4 rings (SSSR count). The molecule has 0 aromatic heterocycles. The molecule has 1 aliphatic rings. The normalized spacial score (nSPS) is 14.5. The number of sulfonamides is 1. The molecule has 0 radical (unpaired) electrons. The summed E-state index contributed by atoms with van der Waals surface area (Å²) in [5, 5.41) is 3.54. The largest absolute Gasteiger partial charge is 0.352 e. The van der Waals surface area contributed by atoms with Crippen molar-refractivity contribution in [3.05, 3.63) is 95.0 Å². The Morgan fingerprint density at radius 2 is 1.65 bits per heavy atom. The fraction of sp³-hybridized carbons (Fsp3) is 0.355. The summed E-state index contributed by atoms with van der Waals surface area (Å²) in [5.74, 6) is -0.668. The second-order valence-electron chi connectivity index (χ2n) is 10.2. The minimum Gasteiger partial charge on any atom is -0.352 e. The number of carbonyl (C=O) groups excluding carboxylic acids is 2. The van der Waals surface area contributed by atoms with E-state index >= 15 is 0 Å². The second kappa shape index (κ2) is 13.3. The van der Waals surface area contributed by atoms with Crippen LogP contribution in [0.5, 0.6) is 0 Å². The molecule has 3 aromatic carbocycles. The molecule has 1 saturated carbocycles. The molecule has 3 aromatic rings. The van der Waals surface area contributed by atoms with Crippen molar-refractivity contribution in [1.29, 1.82) is 0 Å². The average Bonchev–Trinajstić information content (AvgIpc) is 3.45. The van der Waals surface area contributed by atoms with Crippen LogP contribution in [0, 0.1) is 6.92 Å². The molecule has 1 atom stereocenters. The van der Waals surface area contributed by atoms with Crippen molar-refractivity contribution in [2.24, 2.45) is 0 Å². The standard InChI is InChI=1S/C31H36ClN3O4S/c1-3-29(31(37)33-26-12-7-8-13-26)34(21-24-11-9-10-23(2)20-24)30(36)22-35(27-14-5-4-6-15-27)40(38,39)28-18-16-25(32)17-19-28/h4-6,9-11,14-20,26,29H,3,7-8,12-13,21-22H2,1-2H3,(H,33,37). The SMILES string of the molecule is CCC(C(=O)NC1CCCC1)N(Cc1cccc(C)c1)C(=O)CN(c1ccccc1)S(=O)(=O)c1ccc(Cl)cc1. The predicted octanol–water partition coefficient (Wildman–Crippen LogP) is 5.71. The van der Waals surface area contributed by atoms with E-state index in [1.807, 2.05) is 38.1 Å². The molecule has 0 saturated heterocycles. The van der Waals surface area contributed by atoms with Crippen LogP contribution in [0.2, 0.25) is 5.02 Å². The molecule has 0 aliphatic heterocycles. The minimum absolute atomic E-state index is 0.0183. The average molecular weight is 582 g/mol. The summed E-state index contributed by atoms with van der Waals surface area (Å²) in [6.07, 6.45) is 4.39. The molecule has 212 valence electrons. The molecular formula is C31H36ClN3O4S. The summed E-state index contributed by atoms with van der Waals surface area (Å²) in [6, 6.07) is 21.5. The lowest BCUT2D eigenvalue weighted by Crippen LogP contribution is -2.53. The lowest BCUT2D eigenvalue weighted by molar-refractivity contribution is -0.140. The number of nitrogens with one attached hydrogen (secondary N) is 1. The topological polar surface area (TPSA) is 86.8 Å². The van der Waals surface area contributed by atoms with E-state index in [0.29, 0.717) is 17.1 Å². The van der Waals surface area contributed by atoms with Gasteiger partial charge in [-0.15, -0.1) is 0 Å². The van der Waals surface area contributed by atoms with Crippen LogP contribution in [0.1, 0.15) is 50.2 Å². The third-order valence-electron chi connectivity index (χ3n) is 7.25. The van der Waals surface area contributed by atoms with Gasteiger partial charge >= 0.3 is 0 Å². The van der Waals surface area contributed by atoms with Crippen molar-refractivity contribution in [1.82, 2.24) is 10.2 Å². The van der Waals surface area contributed by atoms with E-state index in [1.165, 1.54) is 29.2 Å². The summed E-state index contributed by atoms with van der Waals surface area (Å²) in [4.78, 5) is 29.1. The monoisotopic (exact) mass is 581 g/mol. The Kier molecular flexibility index (Phi) is 9.87. The van der Waals surface area contributed by atoms with Crippen LogP contribution in [0.15, 0.2) is 83.8 Å². The van der Waals surface area contributed by atoms with Crippen LogP contribution >= 0.6 is 11.6 Å². The first kappa shape index (κ1) is 29.6. The molecule has 40 heavy (non-hydrogen) atoms. The van der Waals surface area contributed by atoms with E-state index in [4.69, 9.17) is 11.6 Å². The van der Waals surface area contributed by atoms with Crippen molar-refractivity contribution in [3.63, 3.8) is 0 Å². The number of hydrogen-bond acceptors (Lipinski definition) is 4. The molecule has 1 unspecified atom stereocenters. The zero-order chi connectivity index (χ0) is 28.7. The number of amides is 2. The van der Waals surface area contributed by atoms with Crippen LogP contribution in [-0.4, -0.2) is 43.8 Å². The fourth-order valence-electron chi connectivity index (χ4n) is 5.15. The number of para-hydroxylation sites is 1. The van der Waals surface area contributed by atoms with Gasteiger partial charge in [0.1, 0.15) is 12.6 Å². The first-order valence-electron chi connectivity index (χ1n) is 13.7. The highest BCUT2D eigenvalue weighted by atomic mass is 35.5. The van der Waals surface area contributed by atoms with Crippen molar-refractivity contribution >= 4 is 39.1 Å². The number of aryl methyl sites for hydroxylation is 1. The van der Waals surface area contributed by atoms with Gasteiger partial charge in [0.15, 0.2) is 0 Å². The third-order valence-corrected chi connectivity index (χ3v) is 9.29. The van der Waals surface area contributed by atoms with Gasteiger partial charge in [-0.25, -0.2) is 8.42 Å². The second-order valence-corrected chi connectivity index (χ2v) is 12.5. The summed E-state index contributed by atoms with van der Waals surface area (Å²) in [6.45, 7) is 3.55. The Morgan fingerprint density at radius 1 is 0.975 bits per heavy atom. The first-order chi connectivity index (χ1) is 19.2. The molecule has 1 aliphatic carbocycles. The minimum atomic E-state index is -4.12. The number of nitrogens with zero attached hydrogens (tertiary/aromatic N) is 2. The van der Waals surface area contributed by atoms with Crippen molar-refractivity contribution < 1.29 is 18.0 Å². The Labute approximate surface area is 242 Å². The number of carbonyl (C=O) groups is 2. The molecule has 0 spiro atoms. The van der Waals surface area contributed by atoms with Crippen LogP contribution in [0.25, 0.3) is 0 Å². The van der Waals surface area contributed by atoms with Gasteiger partial charge in [0, 0.05) is 17.6 Å². The van der Waals surface area contributed by atoms with Crippen molar-refractivity contribution in [2.75, 3.05) is 10.8 Å². The molecule has 0 bridgehead atoms. The highest BCUT2D eigenvalue weighted by Crippen LogP contribution is 2.26. The van der Waals surface area contributed by atoms with E-state index in [0.717, 1.165) is 41.1 Å². The third kappa shape index (κ3) is 7.23. The lowest BCUT2D eigenvalue weighted by Gasteiger charge is -2.33. The van der Waals surface area contributed by atoms with Gasteiger partial charge in [0.2, 0.25) is 11.8 Å².